The molecule has 3 aromatic rings. The maximum absolute atomic E-state index is 13.0. The summed E-state index contributed by atoms with van der Waals surface area (Å²) in [5.41, 5.74) is 1.03. The number of carbonyl (C=O) groups excluding carboxylic acids is 2. The van der Waals surface area contributed by atoms with Crippen molar-refractivity contribution in [2.45, 2.75) is 0 Å². The van der Waals surface area contributed by atoms with Crippen LogP contribution in [0.1, 0.15) is 20.7 Å². The minimum absolute atomic E-state index is 0.149. The molecular formula is C20H18N2O3. The molecule has 126 valence electrons. The summed E-state index contributed by atoms with van der Waals surface area (Å²) >= 11 is 0. The zero-order valence-electron chi connectivity index (χ0n) is 14.1. The third kappa shape index (κ3) is 2.27. The van der Waals surface area contributed by atoms with Crippen LogP contribution in [0, 0.1) is 0 Å². The highest BCUT2D eigenvalue weighted by Crippen LogP contribution is 2.38. The van der Waals surface area contributed by atoms with E-state index in [1.54, 1.807) is 30.3 Å². The molecule has 0 saturated carbocycles. The molecule has 1 aliphatic rings. The van der Waals surface area contributed by atoms with Crippen LogP contribution in [0.15, 0.2) is 42.5 Å². The second-order valence-electron chi connectivity index (χ2n) is 6.59. The number of nitrogens with zero attached hydrogens (tertiary/aromatic N) is 2. The number of hydrogen-bond donors (Lipinski definition) is 1. The number of phenolic OH excluding ortho intramolecular Hbond substituents is 1. The van der Waals surface area contributed by atoms with Crippen molar-refractivity contribution in [1.29, 1.82) is 0 Å². The Morgan fingerprint density at radius 3 is 2.44 bits per heavy atom. The van der Waals surface area contributed by atoms with Crippen molar-refractivity contribution in [3.05, 3.63) is 53.6 Å². The van der Waals surface area contributed by atoms with Crippen LogP contribution < -0.4 is 0 Å². The standard InChI is InChI=1S/C20H18N2O3/c1-21(2)9-10-22-19(24)14-7-4-6-13-17-12(5-3-8-16(17)23)11-15(18(13)14)20(22)25/h3-8,11,23H,9-10H2,1-2H3. The fourth-order valence-electron chi connectivity index (χ4n) is 3.48. The van der Waals surface area contributed by atoms with Gasteiger partial charge < -0.3 is 10.0 Å². The fraction of sp³-hybridized carbons (Fsp3) is 0.200. The summed E-state index contributed by atoms with van der Waals surface area (Å²) in [5, 5.41) is 13.1. The second-order valence-corrected chi connectivity index (χ2v) is 6.59. The highest BCUT2D eigenvalue weighted by atomic mass is 16.3. The molecule has 0 bridgehead atoms. The lowest BCUT2D eigenvalue weighted by atomic mass is 9.90. The Labute approximate surface area is 145 Å². The number of amides is 2. The van der Waals surface area contributed by atoms with Gasteiger partial charge in [-0.1, -0.05) is 24.3 Å². The summed E-state index contributed by atoms with van der Waals surface area (Å²) in [6, 6.07) is 12.4. The maximum atomic E-state index is 13.0. The molecule has 0 spiro atoms. The zero-order chi connectivity index (χ0) is 17.7. The third-order valence-corrected chi connectivity index (χ3v) is 4.70. The van der Waals surface area contributed by atoms with E-state index in [-0.39, 0.29) is 17.6 Å². The molecule has 0 radical (unpaired) electrons. The minimum Gasteiger partial charge on any atom is -0.507 e. The van der Waals surface area contributed by atoms with Crippen molar-refractivity contribution in [2.75, 3.05) is 27.2 Å². The highest BCUT2D eigenvalue weighted by Gasteiger charge is 2.33. The molecule has 0 fully saturated rings. The van der Waals surface area contributed by atoms with E-state index < -0.39 is 0 Å². The average molecular weight is 334 g/mol. The zero-order valence-corrected chi connectivity index (χ0v) is 14.1. The molecule has 2 amide bonds. The first-order valence-electron chi connectivity index (χ1n) is 8.17. The van der Waals surface area contributed by atoms with Gasteiger partial charge in [-0.15, -0.1) is 0 Å². The monoisotopic (exact) mass is 334 g/mol. The molecule has 5 nitrogen and oxygen atoms in total. The Kier molecular flexibility index (Phi) is 3.47. The number of benzene rings is 3. The molecule has 1 N–H and O–H groups in total. The van der Waals surface area contributed by atoms with Gasteiger partial charge in [-0.2, -0.15) is 0 Å². The Morgan fingerprint density at radius 2 is 1.68 bits per heavy atom. The average Bonchev–Trinajstić information content (AvgIpc) is 2.59. The topological polar surface area (TPSA) is 60.9 Å². The van der Waals surface area contributed by atoms with Crippen LogP contribution >= 0.6 is 0 Å². The summed E-state index contributed by atoms with van der Waals surface area (Å²) in [4.78, 5) is 29.1. The summed E-state index contributed by atoms with van der Waals surface area (Å²) in [6.07, 6.45) is 0. The minimum atomic E-state index is -0.278. The lowest BCUT2D eigenvalue weighted by Gasteiger charge is -2.28. The molecule has 5 heteroatoms. The van der Waals surface area contributed by atoms with Crippen molar-refractivity contribution >= 4 is 33.4 Å². The van der Waals surface area contributed by atoms with Crippen LogP contribution in [-0.4, -0.2) is 53.9 Å². The van der Waals surface area contributed by atoms with E-state index in [1.165, 1.54) is 4.90 Å². The molecule has 25 heavy (non-hydrogen) atoms. The quantitative estimate of drug-likeness (QED) is 0.591. The predicted molar refractivity (Wildman–Crippen MR) is 97.0 cm³/mol. The van der Waals surface area contributed by atoms with E-state index >= 15 is 0 Å². The Morgan fingerprint density at radius 1 is 0.960 bits per heavy atom. The van der Waals surface area contributed by atoms with E-state index in [2.05, 4.69) is 0 Å². The van der Waals surface area contributed by atoms with E-state index in [4.69, 9.17) is 0 Å². The van der Waals surface area contributed by atoms with Crippen LogP contribution in [-0.2, 0) is 0 Å². The van der Waals surface area contributed by atoms with Crippen LogP contribution in [0.25, 0.3) is 21.5 Å². The van der Waals surface area contributed by atoms with Crippen LogP contribution in [0.5, 0.6) is 5.75 Å². The Bertz CT molecular complexity index is 1040. The number of fused-ring (bicyclic) bond motifs is 2. The molecular weight excluding hydrogens is 316 g/mol. The number of likely N-dealkylation sites (N-methyl/N-ethyl adjacent to an activating group) is 1. The molecule has 4 rings (SSSR count). The summed E-state index contributed by atoms with van der Waals surface area (Å²) < 4.78 is 0. The summed E-state index contributed by atoms with van der Waals surface area (Å²) in [5.74, 6) is -0.406. The number of phenols is 1. The largest absolute Gasteiger partial charge is 0.507 e. The number of carbonyl (C=O) groups is 2. The first-order valence-corrected chi connectivity index (χ1v) is 8.17. The molecule has 0 aromatic heterocycles. The number of hydrogen-bond acceptors (Lipinski definition) is 4. The molecule has 0 saturated heterocycles. The molecule has 1 aliphatic heterocycles. The predicted octanol–water partition coefficient (Wildman–Crippen LogP) is 2.86. The Hall–Kier alpha value is -2.92. The first-order chi connectivity index (χ1) is 12.0. The number of imide groups is 1. The second kappa shape index (κ2) is 5.57. The molecule has 1 heterocycles. The van der Waals surface area contributed by atoms with Gasteiger partial charge in [0.2, 0.25) is 0 Å². The Balaban J connectivity index is 2.01. The van der Waals surface area contributed by atoms with E-state index in [0.29, 0.717) is 35.0 Å². The van der Waals surface area contributed by atoms with Gasteiger partial charge in [0.15, 0.2) is 0 Å². The summed E-state index contributed by atoms with van der Waals surface area (Å²) in [7, 11) is 3.81. The summed E-state index contributed by atoms with van der Waals surface area (Å²) in [6.45, 7) is 0.954. The molecule has 0 atom stereocenters. The van der Waals surface area contributed by atoms with Gasteiger partial charge >= 0.3 is 0 Å². The lowest BCUT2D eigenvalue weighted by molar-refractivity contribution is 0.0601. The van der Waals surface area contributed by atoms with E-state index in [9.17, 15) is 14.7 Å². The van der Waals surface area contributed by atoms with Gasteiger partial charge in [0.1, 0.15) is 5.75 Å². The van der Waals surface area contributed by atoms with E-state index in [0.717, 1.165) is 10.8 Å². The van der Waals surface area contributed by atoms with Crippen molar-refractivity contribution in [1.82, 2.24) is 9.80 Å². The van der Waals surface area contributed by atoms with Gasteiger partial charge in [-0.3, -0.25) is 14.5 Å². The van der Waals surface area contributed by atoms with Gasteiger partial charge in [-0.05, 0) is 43.1 Å². The fourth-order valence-corrected chi connectivity index (χ4v) is 3.48. The van der Waals surface area contributed by atoms with Gasteiger partial charge in [0.05, 0.1) is 0 Å². The first kappa shape index (κ1) is 15.6. The van der Waals surface area contributed by atoms with Crippen molar-refractivity contribution < 1.29 is 14.7 Å². The third-order valence-electron chi connectivity index (χ3n) is 4.70. The van der Waals surface area contributed by atoms with E-state index in [1.807, 2.05) is 31.1 Å². The van der Waals surface area contributed by atoms with Crippen molar-refractivity contribution in [3.63, 3.8) is 0 Å². The molecule has 0 aliphatic carbocycles. The maximum Gasteiger partial charge on any atom is 0.261 e. The smallest absolute Gasteiger partial charge is 0.261 e. The number of rotatable bonds is 3. The molecule has 0 unspecified atom stereocenters. The lowest BCUT2D eigenvalue weighted by Crippen LogP contribution is -2.43. The van der Waals surface area contributed by atoms with Crippen LogP contribution in [0.3, 0.4) is 0 Å². The van der Waals surface area contributed by atoms with Gasteiger partial charge in [0.25, 0.3) is 11.8 Å². The van der Waals surface area contributed by atoms with Crippen LogP contribution in [0.4, 0.5) is 0 Å². The normalized spacial score (nSPS) is 14.1. The van der Waals surface area contributed by atoms with Crippen molar-refractivity contribution in [3.8, 4) is 5.75 Å². The van der Waals surface area contributed by atoms with Gasteiger partial charge in [-0.25, -0.2) is 0 Å². The molecule has 3 aromatic carbocycles. The van der Waals surface area contributed by atoms with Crippen molar-refractivity contribution in [2.24, 2.45) is 0 Å². The SMILES string of the molecule is CN(C)CCN1C(=O)c2cccc3c2c(cc2cccc(O)c23)C1=O. The number of aromatic hydroxyl groups is 1. The highest BCUT2D eigenvalue weighted by molar-refractivity contribution is 6.29. The van der Waals surface area contributed by atoms with Gasteiger partial charge in [0, 0.05) is 35.0 Å². The van der Waals surface area contributed by atoms with Crippen LogP contribution in [0.2, 0.25) is 0 Å².